The second-order valence-electron chi connectivity index (χ2n) is 1.33. The molecule has 0 aliphatic carbocycles. The highest BCUT2D eigenvalue weighted by Crippen LogP contribution is 1.98. The van der Waals surface area contributed by atoms with Gasteiger partial charge in [-0.3, -0.25) is 0 Å². The van der Waals surface area contributed by atoms with Gasteiger partial charge in [-0.1, -0.05) is 5.92 Å². The zero-order valence-corrected chi connectivity index (χ0v) is 5.58. The Hall–Kier alpha value is -0.130. The van der Waals surface area contributed by atoms with Gasteiger partial charge in [-0.25, -0.2) is 0 Å². The van der Waals surface area contributed by atoms with E-state index in [0.29, 0.717) is 0 Å². The summed E-state index contributed by atoms with van der Waals surface area (Å²) in [5.74, 6) is 4.24. The minimum atomic E-state index is 0.275. The van der Waals surface area contributed by atoms with E-state index in [1.807, 2.05) is 0 Å². The third kappa shape index (κ3) is 5.87. The first-order valence-electron chi connectivity index (χ1n) is 2.54. The van der Waals surface area contributed by atoms with E-state index in [0.717, 1.165) is 17.9 Å². The van der Waals surface area contributed by atoms with Crippen LogP contribution in [-0.2, 0) is 0 Å². The maximum absolute atomic E-state index is 8.30. The maximum Gasteiger partial charge on any atom is 0.0544 e. The van der Waals surface area contributed by atoms with Crippen LogP contribution in [0, 0.1) is 12.3 Å². The van der Waals surface area contributed by atoms with Gasteiger partial charge in [0.25, 0.3) is 0 Å². The number of hydrogen-bond donors (Lipinski definition) is 1. The van der Waals surface area contributed by atoms with Crippen LogP contribution in [0.4, 0.5) is 0 Å². The van der Waals surface area contributed by atoms with Crippen LogP contribution in [0.3, 0.4) is 0 Å². The Bertz CT molecular complexity index is 75.1. The number of hydrogen-bond acceptors (Lipinski definition) is 2. The van der Waals surface area contributed by atoms with Crippen molar-refractivity contribution in [2.45, 2.75) is 6.42 Å². The predicted octanol–water partition coefficient (Wildman–Crippen LogP) is 0.735. The molecule has 0 radical (unpaired) electrons. The Kier molecular flexibility index (Phi) is 6.76. The molecule has 46 valence electrons. The van der Waals surface area contributed by atoms with Crippen molar-refractivity contribution in [3.8, 4) is 12.3 Å². The fourth-order valence-electron chi connectivity index (χ4n) is 0.298. The van der Waals surface area contributed by atoms with E-state index >= 15 is 0 Å². The van der Waals surface area contributed by atoms with Gasteiger partial charge in [-0.2, -0.15) is 0 Å². The molecule has 0 saturated heterocycles. The molecule has 0 saturated carbocycles. The van der Waals surface area contributed by atoms with Crippen molar-refractivity contribution in [3.05, 3.63) is 0 Å². The van der Waals surface area contributed by atoms with E-state index < -0.39 is 0 Å². The fraction of sp³-hybridized carbons (Fsp3) is 0.667. The van der Waals surface area contributed by atoms with Crippen molar-refractivity contribution in [1.82, 2.24) is 0 Å². The first-order chi connectivity index (χ1) is 3.91. The quantitative estimate of drug-likeness (QED) is 0.447. The van der Waals surface area contributed by atoms with E-state index in [9.17, 15) is 0 Å². The maximum atomic E-state index is 8.30. The fourth-order valence-corrected chi connectivity index (χ4v) is 0.893. The number of terminal acetylenes is 1. The summed E-state index contributed by atoms with van der Waals surface area (Å²) in [5, 5.41) is 8.30. The minimum Gasteiger partial charge on any atom is -0.396 e. The summed E-state index contributed by atoms with van der Waals surface area (Å²) in [6.45, 7) is 0.275. The van der Waals surface area contributed by atoms with Crippen molar-refractivity contribution in [3.63, 3.8) is 0 Å². The molecule has 2 heteroatoms. The van der Waals surface area contributed by atoms with Gasteiger partial charge in [0.05, 0.1) is 5.75 Å². The van der Waals surface area contributed by atoms with Gasteiger partial charge in [0.2, 0.25) is 0 Å². The minimum absolute atomic E-state index is 0.275. The summed E-state index contributed by atoms with van der Waals surface area (Å²) in [6.07, 6.45) is 5.83. The highest BCUT2D eigenvalue weighted by molar-refractivity contribution is 7.99. The lowest BCUT2D eigenvalue weighted by atomic mass is 10.5. The Morgan fingerprint density at radius 1 is 1.62 bits per heavy atom. The predicted molar refractivity (Wildman–Crippen MR) is 37.9 cm³/mol. The second kappa shape index (κ2) is 6.87. The lowest BCUT2D eigenvalue weighted by Gasteiger charge is -1.90. The van der Waals surface area contributed by atoms with E-state index in [4.69, 9.17) is 11.5 Å². The molecule has 1 nitrogen and oxygen atoms in total. The van der Waals surface area contributed by atoms with Crippen LogP contribution in [0.15, 0.2) is 0 Å². The van der Waals surface area contributed by atoms with E-state index in [1.54, 1.807) is 11.8 Å². The molecule has 1 N–H and O–H groups in total. The summed E-state index contributed by atoms with van der Waals surface area (Å²) in [7, 11) is 0. The van der Waals surface area contributed by atoms with Crippen molar-refractivity contribution in [2.75, 3.05) is 18.1 Å². The van der Waals surface area contributed by atoms with Crippen LogP contribution in [0.1, 0.15) is 6.42 Å². The largest absolute Gasteiger partial charge is 0.396 e. The highest BCUT2D eigenvalue weighted by Gasteiger charge is 1.82. The molecule has 0 rings (SSSR count). The standard InChI is InChI=1S/C6H10OS/c1-2-5-8-6-3-4-7/h1,7H,3-6H2. The smallest absolute Gasteiger partial charge is 0.0544 e. The average Bonchev–Trinajstić information content (AvgIpc) is 1.81. The van der Waals surface area contributed by atoms with Crippen LogP contribution in [0.25, 0.3) is 0 Å². The van der Waals surface area contributed by atoms with Gasteiger partial charge in [-0.05, 0) is 12.2 Å². The van der Waals surface area contributed by atoms with Crippen LogP contribution in [0.5, 0.6) is 0 Å². The molecule has 0 aromatic rings. The normalized spacial score (nSPS) is 8.50. The zero-order valence-electron chi connectivity index (χ0n) is 4.76. The van der Waals surface area contributed by atoms with Crippen LogP contribution >= 0.6 is 11.8 Å². The third-order valence-corrected chi connectivity index (χ3v) is 1.58. The molecular formula is C6H10OS. The van der Waals surface area contributed by atoms with Crippen molar-refractivity contribution >= 4 is 11.8 Å². The molecule has 8 heavy (non-hydrogen) atoms. The van der Waals surface area contributed by atoms with Crippen LogP contribution in [0.2, 0.25) is 0 Å². The zero-order chi connectivity index (χ0) is 6.24. The lowest BCUT2D eigenvalue weighted by Crippen LogP contribution is -1.85. The number of rotatable bonds is 4. The molecule has 0 unspecified atom stereocenters. The van der Waals surface area contributed by atoms with Crippen LogP contribution < -0.4 is 0 Å². The highest BCUT2D eigenvalue weighted by atomic mass is 32.2. The molecule has 0 amide bonds. The Morgan fingerprint density at radius 3 is 2.88 bits per heavy atom. The Balaban J connectivity index is 2.65. The summed E-state index contributed by atoms with van der Waals surface area (Å²) >= 11 is 1.68. The molecule has 0 fully saturated rings. The summed E-state index contributed by atoms with van der Waals surface area (Å²) < 4.78 is 0. The average molecular weight is 130 g/mol. The molecular weight excluding hydrogens is 120 g/mol. The second-order valence-corrected chi connectivity index (χ2v) is 2.44. The Labute approximate surface area is 54.5 Å². The lowest BCUT2D eigenvalue weighted by molar-refractivity contribution is 0.296. The van der Waals surface area contributed by atoms with Gasteiger partial charge in [0, 0.05) is 6.61 Å². The molecule has 0 aliphatic rings. The molecule has 0 aromatic carbocycles. The topological polar surface area (TPSA) is 20.2 Å². The van der Waals surface area contributed by atoms with Gasteiger partial charge in [0.15, 0.2) is 0 Å². The number of aliphatic hydroxyl groups is 1. The Morgan fingerprint density at radius 2 is 2.38 bits per heavy atom. The summed E-state index contributed by atoms with van der Waals surface area (Å²) in [6, 6.07) is 0. The molecule has 0 spiro atoms. The third-order valence-electron chi connectivity index (χ3n) is 0.632. The molecule has 0 bridgehead atoms. The van der Waals surface area contributed by atoms with Gasteiger partial charge < -0.3 is 5.11 Å². The molecule has 0 atom stereocenters. The SMILES string of the molecule is C#CCSCCCO. The van der Waals surface area contributed by atoms with Crippen molar-refractivity contribution < 1.29 is 5.11 Å². The number of thioether (sulfide) groups is 1. The van der Waals surface area contributed by atoms with Crippen molar-refractivity contribution in [2.24, 2.45) is 0 Å². The first kappa shape index (κ1) is 7.87. The van der Waals surface area contributed by atoms with Crippen LogP contribution in [-0.4, -0.2) is 23.2 Å². The van der Waals surface area contributed by atoms with E-state index in [-0.39, 0.29) is 6.61 Å². The van der Waals surface area contributed by atoms with Crippen molar-refractivity contribution in [1.29, 1.82) is 0 Å². The summed E-state index contributed by atoms with van der Waals surface area (Å²) in [5.41, 5.74) is 0. The number of aliphatic hydroxyl groups excluding tert-OH is 1. The first-order valence-corrected chi connectivity index (χ1v) is 3.69. The van der Waals surface area contributed by atoms with Gasteiger partial charge >= 0.3 is 0 Å². The molecule has 0 heterocycles. The summed E-state index contributed by atoms with van der Waals surface area (Å²) in [4.78, 5) is 0. The van der Waals surface area contributed by atoms with Gasteiger partial charge in [-0.15, -0.1) is 18.2 Å². The van der Waals surface area contributed by atoms with Gasteiger partial charge in [0.1, 0.15) is 0 Å². The molecule has 0 aromatic heterocycles. The van der Waals surface area contributed by atoms with E-state index in [1.165, 1.54) is 0 Å². The monoisotopic (exact) mass is 130 g/mol. The molecule has 0 aliphatic heterocycles. The van der Waals surface area contributed by atoms with E-state index in [2.05, 4.69) is 5.92 Å².